The molecule has 2 aromatic carbocycles. The second kappa shape index (κ2) is 6.52. The molecule has 1 fully saturated rings. The van der Waals surface area contributed by atoms with Crippen molar-refractivity contribution in [2.24, 2.45) is 0 Å². The largest absolute Gasteiger partial charge is 0.243 e. The Morgan fingerprint density at radius 3 is 2.56 bits per heavy atom. The quantitative estimate of drug-likeness (QED) is 0.679. The third-order valence-corrected chi connectivity index (χ3v) is 7.86. The molecule has 1 atom stereocenters. The van der Waals surface area contributed by atoms with E-state index in [-0.39, 0.29) is 6.04 Å². The molecule has 4 rings (SSSR count). The summed E-state index contributed by atoms with van der Waals surface area (Å²) in [6.45, 7) is 2.61. The molecule has 4 nitrogen and oxygen atoms in total. The SMILES string of the molecule is CC1CCCCN1S(=O)(=O)c1ccc(-c2nc3ccccc3s2)cc1. The molecule has 3 aromatic rings. The summed E-state index contributed by atoms with van der Waals surface area (Å²) in [5, 5.41) is 0.913. The molecule has 0 N–H and O–H groups in total. The molecule has 1 saturated heterocycles. The van der Waals surface area contributed by atoms with Gasteiger partial charge in [0.25, 0.3) is 0 Å². The monoisotopic (exact) mass is 372 g/mol. The van der Waals surface area contributed by atoms with Gasteiger partial charge >= 0.3 is 0 Å². The first-order chi connectivity index (χ1) is 12.1. The Morgan fingerprint density at radius 1 is 1.08 bits per heavy atom. The summed E-state index contributed by atoms with van der Waals surface area (Å²) in [5.41, 5.74) is 1.92. The van der Waals surface area contributed by atoms with Crippen molar-refractivity contribution >= 4 is 31.6 Å². The summed E-state index contributed by atoms with van der Waals surface area (Å²) in [7, 11) is -3.42. The Kier molecular flexibility index (Phi) is 4.35. The van der Waals surface area contributed by atoms with Crippen molar-refractivity contribution in [3.8, 4) is 10.6 Å². The molecule has 0 amide bonds. The summed E-state index contributed by atoms with van der Waals surface area (Å²) in [6.07, 6.45) is 2.97. The van der Waals surface area contributed by atoms with Gasteiger partial charge in [0.2, 0.25) is 10.0 Å². The van der Waals surface area contributed by atoms with Gasteiger partial charge in [-0.05, 0) is 44.0 Å². The van der Waals surface area contributed by atoms with E-state index >= 15 is 0 Å². The third kappa shape index (κ3) is 3.10. The topological polar surface area (TPSA) is 50.3 Å². The molecule has 0 saturated carbocycles. The van der Waals surface area contributed by atoms with Crippen molar-refractivity contribution in [3.05, 3.63) is 48.5 Å². The number of para-hydroxylation sites is 1. The number of benzene rings is 2. The van der Waals surface area contributed by atoms with Crippen LogP contribution in [0.3, 0.4) is 0 Å². The average molecular weight is 373 g/mol. The summed E-state index contributed by atoms with van der Waals surface area (Å²) in [4.78, 5) is 5.00. The van der Waals surface area contributed by atoms with Crippen molar-refractivity contribution in [2.45, 2.75) is 37.1 Å². The number of hydrogen-bond donors (Lipinski definition) is 0. The number of nitrogens with zero attached hydrogens (tertiary/aromatic N) is 2. The summed E-state index contributed by atoms with van der Waals surface area (Å²) in [5.74, 6) is 0. The minimum absolute atomic E-state index is 0.0719. The number of fused-ring (bicyclic) bond motifs is 1. The first-order valence-electron chi connectivity index (χ1n) is 8.53. The molecule has 1 aliphatic heterocycles. The zero-order chi connectivity index (χ0) is 17.4. The highest BCUT2D eigenvalue weighted by Gasteiger charge is 2.30. The maximum absolute atomic E-state index is 12.9. The summed E-state index contributed by atoms with van der Waals surface area (Å²) < 4.78 is 28.6. The van der Waals surface area contributed by atoms with Crippen LogP contribution in [0.15, 0.2) is 53.4 Å². The standard InChI is InChI=1S/C19H20N2O2S2/c1-14-6-4-5-13-21(14)25(22,23)16-11-9-15(10-12-16)19-20-17-7-2-3-8-18(17)24-19/h2-3,7-12,14H,4-6,13H2,1H3. The van der Waals surface area contributed by atoms with Crippen molar-refractivity contribution in [1.29, 1.82) is 0 Å². The Morgan fingerprint density at radius 2 is 1.84 bits per heavy atom. The van der Waals surface area contributed by atoms with Gasteiger partial charge in [-0.25, -0.2) is 13.4 Å². The van der Waals surface area contributed by atoms with E-state index in [1.165, 1.54) is 0 Å². The molecule has 1 unspecified atom stereocenters. The molecule has 1 aliphatic rings. The van der Waals surface area contributed by atoms with Crippen LogP contribution in [0, 0.1) is 0 Å². The van der Waals surface area contributed by atoms with Crippen molar-refractivity contribution < 1.29 is 8.42 Å². The molecule has 130 valence electrons. The van der Waals surface area contributed by atoms with Crippen LogP contribution in [0.4, 0.5) is 0 Å². The number of thiazole rings is 1. The Hall–Kier alpha value is -1.76. The first-order valence-corrected chi connectivity index (χ1v) is 10.8. The van der Waals surface area contributed by atoms with Gasteiger partial charge in [-0.15, -0.1) is 11.3 Å². The van der Waals surface area contributed by atoms with Crippen LogP contribution in [-0.2, 0) is 10.0 Å². The van der Waals surface area contributed by atoms with E-state index in [0.29, 0.717) is 11.4 Å². The van der Waals surface area contributed by atoms with Gasteiger partial charge in [-0.2, -0.15) is 4.31 Å². The van der Waals surface area contributed by atoms with Crippen LogP contribution in [-0.4, -0.2) is 30.3 Å². The smallest absolute Gasteiger partial charge is 0.236 e. The first kappa shape index (κ1) is 16.7. The normalized spacial score (nSPS) is 19.3. The van der Waals surface area contributed by atoms with Crippen molar-refractivity contribution in [2.75, 3.05) is 6.54 Å². The molecular weight excluding hydrogens is 352 g/mol. The fourth-order valence-electron chi connectivity index (χ4n) is 3.33. The minimum atomic E-state index is -3.42. The Balaban J connectivity index is 1.65. The lowest BCUT2D eigenvalue weighted by Gasteiger charge is -2.32. The maximum atomic E-state index is 12.9. The second-order valence-corrected chi connectivity index (χ2v) is 9.39. The molecule has 0 radical (unpaired) electrons. The molecule has 0 aliphatic carbocycles. The molecule has 2 heterocycles. The van der Waals surface area contributed by atoms with Crippen molar-refractivity contribution in [1.82, 2.24) is 9.29 Å². The lowest BCUT2D eigenvalue weighted by molar-refractivity contribution is 0.268. The van der Waals surface area contributed by atoms with Gasteiger partial charge in [-0.1, -0.05) is 30.7 Å². The zero-order valence-electron chi connectivity index (χ0n) is 14.1. The lowest BCUT2D eigenvalue weighted by atomic mass is 10.1. The van der Waals surface area contributed by atoms with E-state index < -0.39 is 10.0 Å². The predicted molar refractivity (Wildman–Crippen MR) is 102 cm³/mol. The highest BCUT2D eigenvalue weighted by atomic mass is 32.2. The molecule has 0 spiro atoms. The van der Waals surface area contributed by atoms with E-state index in [4.69, 9.17) is 0 Å². The van der Waals surface area contributed by atoms with Crippen LogP contribution in [0.25, 0.3) is 20.8 Å². The number of rotatable bonds is 3. The third-order valence-electron chi connectivity index (χ3n) is 4.74. The Labute approximate surface area is 152 Å². The van der Waals surface area contributed by atoms with Gasteiger partial charge in [0.15, 0.2) is 0 Å². The van der Waals surface area contributed by atoms with Gasteiger partial charge in [0.05, 0.1) is 15.1 Å². The number of aromatic nitrogens is 1. The fourth-order valence-corrected chi connectivity index (χ4v) is 6.00. The number of hydrogen-bond acceptors (Lipinski definition) is 4. The lowest BCUT2D eigenvalue weighted by Crippen LogP contribution is -2.41. The van der Waals surface area contributed by atoms with Gasteiger partial charge in [0, 0.05) is 18.2 Å². The highest BCUT2D eigenvalue weighted by Crippen LogP contribution is 2.31. The van der Waals surface area contributed by atoms with Crippen LogP contribution >= 0.6 is 11.3 Å². The summed E-state index contributed by atoms with van der Waals surface area (Å²) in [6, 6.07) is 15.2. The molecule has 25 heavy (non-hydrogen) atoms. The van der Waals surface area contributed by atoms with Crippen LogP contribution in [0.2, 0.25) is 0 Å². The van der Waals surface area contributed by atoms with Gasteiger partial charge in [0.1, 0.15) is 5.01 Å². The summed E-state index contributed by atoms with van der Waals surface area (Å²) >= 11 is 1.62. The maximum Gasteiger partial charge on any atom is 0.243 e. The van der Waals surface area contributed by atoms with Gasteiger partial charge < -0.3 is 0 Å². The van der Waals surface area contributed by atoms with E-state index in [0.717, 1.165) is 40.1 Å². The van der Waals surface area contributed by atoms with Crippen LogP contribution in [0.1, 0.15) is 26.2 Å². The van der Waals surface area contributed by atoms with Crippen LogP contribution in [0.5, 0.6) is 0 Å². The Bertz CT molecular complexity index is 961. The van der Waals surface area contributed by atoms with E-state index in [2.05, 4.69) is 4.98 Å². The van der Waals surface area contributed by atoms with E-state index in [9.17, 15) is 8.42 Å². The number of sulfonamides is 1. The van der Waals surface area contributed by atoms with Crippen molar-refractivity contribution in [3.63, 3.8) is 0 Å². The highest BCUT2D eigenvalue weighted by molar-refractivity contribution is 7.89. The molecule has 1 aromatic heterocycles. The zero-order valence-corrected chi connectivity index (χ0v) is 15.7. The predicted octanol–water partition coefficient (Wildman–Crippen LogP) is 4.53. The van der Waals surface area contributed by atoms with Crippen LogP contribution < -0.4 is 0 Å². The fraction of sp³-hybridized carbons (Fsp3) is 0.316. The second-order valence-electron chi connectivity index (χ2n) is 6.47. The average Bonchev–Trinajstić information content (AvgIpc) is 3.06. The molecule has 6 heteroatoms. The minimum Gasteiger partial charge on any atom is -0.236 e. The molecular formula is C19H20N2O2S2. The van der Waals surface area contributed by atoms with Gasteiger partial charge in [-0.3, -0.25) is 0 Å². The van der Waals surface area contributed by atoms with E-state index in [1.54, 1.807) is 27.8 Å². The number of piperidine rings is 1. The molecule has 0 bridgehead atoms. The van der Waals surface area contributed by atoms with E-state index in [1.807, 2.05) is 43.3 Å².